The Kier molecular flexibility index (Phi) is 1.39. The maximum absolute atomic E-state index is 12.8. The molecule has 0 bridgehead atoms. The largest absolute Gasteiger partial charge is 0.451 e. The molecular formula is C7H5ClFNO. The summed E-state index contributed by atoms with van der Waals surface area (Å²) in [6.07, 6.45) is 0. The molecule has 1 N–H and O–H groups in total. The fourth-order valence-electron chi connectivity index (χ4n) is 0.997. The number of benzene rings is 1. The molecule has 0 spiro atoms. The van der Waals surface area contributed by atoms with E-state index in [1.807, 2.05) is 0 Å². The molecule has 11 heavy (non-hydrogen) atoms. The minimum Gasteiger partial charge on any atom is -0.451 e. The van der Waals surface area contributed by atoms with Crippen molar-refractivity contribution in [3.63, 3.8) is 0 Å². The number of hydrogen-bond acceptors (Lipinski definition) is 2. The van der Waals surface area contributed by atoms with E-state index in [1.54, 1.807) is 12.1 Å². The van der Waals surface area contributed by atoms with Crippen molar-refractivity contribution in [1.29, 1.82) is 0 Å². The Hall–Kier alpha value is -0.960. The number of fused-ring (bicyclic) bond motifs is 1. The Morgan fingerprint density at radius 2 is 2.36 bits per heavy atom. The first-order chi connectivity index (χ1) is 5.27. The van der Waals surface area contributed by atoms with Crippen LogP contribution in [-0.2, 0) is 0 Å². The first kappa shape index (κ1) is 6.73. The predicted molar refractivity (Wildman–Crippen MR) is 40.3 cm³/mol. The molecule has 1 heterocycles. The number of hydrogen-bond donors (Lipinski definition) is 1. The summed E-state index contributed by atoms with van der Waals surface area (Å²) < 4.78 is 17.8. The van der Waals surface area contributed by atoms with Crippen LogP contribution in [0.25, 0.3) is 0 Å². The second-order valence-corrected chi connectivity index (χ2v) is 2.59. The summed E-state index contributed by atoms with van der Waals surface area (Å²) in [6.45, 7) is 0. The lowest BCUT2D eigenvalue weighted by Gasteiger charge is -1.98. The lowest BCUT2D eigenvalue weighted by molar-refractivity contribution is 0.318. The van der Waals surface area contributed by atoms with Crippen molar-refractivity contribution in [2.45, 2.75) is 5.69 Å². The summed E-state index contributed by atoms with van der Waals surface area (Å²) >= 11 is 5.55. The van der Waals surface area contributed by atoms with Gasteiger partial charge in [-0.25, -0.2) is 4.39 Å². The van der Waals surface area contributed by atoms with Crippen molar-refractivity contribution in [3.05, 3.63) is 24.0 Å². The highest BCUT2D eigenvalue weighted by molar-refractivity contribution is 6.21. The van der Waals surface area contributed by atoms with Gasteiger partial charge in [0.1, 0.15) is 0 Å². The SMILES string of the molecule is Fc1cccc2c1OC(Cl)N2. The van der Waals surface area contributed by atoms with Gasteiger partial charge in [0.2, 0.25) is 5.69 Å². The molecule has 2 rings (SSSR count). The van der Waals surface area contributed by atoms with E-state index in [9.17, 15) is 4.39 Å². The van der Waals surface area contributed by atoms with Gasteiger partial charge in [-0.1, -0.05) is 17.7 Å². The van der Waals surface area contributed by atoms with Crippen molar-refractivity contribution in [2.24, 2.45) is 0 Å². The van der Waals surface area contributed by atoms with Gasteiger partial charge in [-0.2, -0.15) is 0 Å². The van der Waals surface area contributed by atoms with Crippen molar-refractivity contribution in [3.8, 4) is 5.75 Å². The maximum Gasteiger partial charge on any atom is 0.248 e. The van der Waals surface area contributed by atoms with E-state index in [-0.39, 0.29) is 5.75 Å². The van der Waals surface area contributed by atoms with Gasteiger partial charge in [0.05, 0.1) is 5.69 Å². The van der Waals surface area contributed by atoms with Gasteiger partial charge in [0.15, 0.2) is 11.6 Å². The first-order valence-corrected chi connectivity index (χ1v) is 3.57. The smallest absolute Gasteiger partial charge is 0.248 e. The van der Waals surface area contributed by atoms with Crippen LogP contribution in [0.3, 0.4) is 0 Å². The standard InChI is InChI=1S/C7H5ClFNO/c8-7-10-5-3-1-2-4(9)6(5)11-7/h1-3,7,10H. The summed E-state index contributed by atoms with van der Waals surface area (Å²) in [4.78, 5) is 0. The van der Waals surface area contributed by atoms with Crippen molar-refractivity contribution >= 4 is 17.3 Å². The highest BCUT2D eigenvalue weighted by Gasteiger charge is 2.21. The molecule has 1 aliphatic heterocycles. The fraction of sp³-hybridized carbons (Fsp3) is 0.143. The van der Waals surface area contributed by atoms with Gasteiger partial charge in [0.25, 0.3) is 0 Å². The molecule has 0 aliphatic carbocycles. The average molecular weight is 174 g/mol. The lowest BCUT2D eigenvalue weighted by atomic mass is 10.3. The predicted octanol–water partition coefficient (Wildman–Crippen LogP) is 2.15. The van der Waals surface area contributed by atoms with Gasteiger partial charge < -0.3 is 10.1 Å². The molecular weight excluding hydrogens is 169 g/mol. The summed E-state index contributed by atoms with van der Waals surface area (Å²) in [7, 11) is 0. The Morgan fingerprint density at radius 1 is 1.55 bits per heavy atom. The van der Waals surface area contributed by atoms with Crippen LogP contribution >= 0.6 is 11.6 Å². The van der Waals surface area contributed by atoms with Crippen molar-refractivity contribution in [1.82, 2.24) is 0 Å². The summed E-state index contributed by atoms with van der Waals surface area (Å²) in [6, 6.07) is 4.63. The third kappa shape index (κ3) is 1.01. The second kappa shape index (κ2) is 2.27. The Labute approximate surface area is 67.9 Å². The van der Waals surface area contributed by atoms with Crippen LogP contribution in [0.15, 0.2) is 18.2 Å². The average Bonchev–Trinajstić information content (AvgIpc) is 2.31. The van der Waals surface area contributed by atoms with E-state index in [2.05, 4.69) is 5.32 Å². The van der Waals surface area contributed by atoms with E-state index in [1.165, 1.54) is 6.07 Å². The van der Waals surface area contributed by atoms with Gasteiger partial charge in [-0.05, 0) is 12.1 Å². The number of anilines is 1. The third-order valence-corrected chi connectivity index (χ3v) is 1.66. The molecule has 58 valence electrons. The molecule has 1 unspecified atom stereocenters. The van der Waals surface area contributed by atoms with E-state index >= 15 is 0 Å². The number of nitrogens with one attached hydrogen (secondary N) is 1. The second-order valence-electron chi connectivity index (χ2n) is 2.19. The molecule has 0 saturated carbocycles. The molecule has 0 amide bonds. The highest BCUT2D eigenvalue weighted by atomic mass is 35.5. The molecule has 0 radical (unpaired) electrons. The molecule has 0 saturated heterocycles. The Balaban J connectivity index is 2.49. The topological polar surface area (TPSA) is 21.3 Å². The van der Waals surface area contributed by atoms with E-state index in [4.69, 9.17) is 16.3 Å². The molecule has 0 fully saturated rings. The molecule has 2 nitrogen and oxygen atoms in total. The zero-order valence-corrected chi connectivity index (χ0v) is 6.23. The fourth-order valence-corrected chi connectivity index (χ4v) is 1.20. The number of rotatable bonds is 0. The molecule has 1 atom stereocenters. The number of ether oxygens (including phenoxy) is 1. The van der Waals surface area contributed by atoms with Crippen LogP contribution in [0.1, 0.15) is 0 Å². The minimum atomic E-state index is -0.651. The minimum absolute atomic E-state index is 0.201. The summed E-state index contributed by atoms with van der Waals surface area (Å²) in [5.74, 6) is -0.189. The van der Waals surface area contributed by atoms with Gasteiger partial charge in [-0.3, -0.25) is 0 Å². The van der Waals surface area contributed by atoms with Gasteiger partial charge in [-0.15, -0.1) is 0 Å². The molecule has 0 aromatic heterocycles. The van der Waals surface area contributed by atoms with Crippen LogP contribution in [-0.4, -0.2) is 5.69 Å². The Bertz CT molecular complexity index is 292. The lowest BCUT2D eigenvalue weighted by Crippen LogP contribution is -2.10. The third-order valence-electron chi connectivity index (χ3n) is 1.46. The van der Waals surface area contributed by atoms with E-state index in [0.29, 0.717) is 5.69 Å². The normalized spacial score (nSPS) is 20.4. The molecule has 1 aromatic carbocycles. The van der Waals surface area contributed by atoms with Crippen LogP contribution in [0.2, 0.25) is 0 Å². The first-order valence-electron chi connectivity index (χ1n) is 3.13. The molecule has 1 aromatic rings. The summed E-state index contributed by atoms with van der Waals surface area (Å²) in [5.41, 5.74) is -0.0492. The van der Waals surface area contributed by atoms with Gasteiger partial charge >= 0.3 is 0 Å². The highest BCUT2D eigenvalue weighted by Crippen LogP contribution is 2.34. The number of para-hydroxylation sites is 1. The number of halogens is 2. The van der Waals surface area contributed by atoms with Crippen molar-refractivity contribution in [2.75, 3.05) is 5.32 Å². The van der Waals surface area contributed by atoms with Gasteiger partial charge in [0, 0.05) is 0 Å². The summed E-state index contributed by atoms with van der Waals surface area (Å²) in [5, 5.41) is 2.74. The van der Waals surface area contributed by atoms with Crippen LogP contribution in [0, 0.1) is 5.82 Å². The maximum atomic E-state index is 12.8. The Morgan fingerprint density at radius 3 is 3.09 bits per heavy atom. The molecule has 4 heteroatoms. The van der Waals surface area contributed by atoms with Crippen LogP contribution in [0.4, 0.5) is 10.1 Å². The van der Waals surface area contributed by atoms with Crippen LogP contribution < -0.4 is 10.1 Å². The monoisotopic (exact) mass is 173 g/mol. The quantitative estimate of drug-likeness (QED) is 0.480. The van der Waals surface area contributed by atoms with Crippen molar-refractivity contribution < 1.29 is 9.13 Å². The number of alkyl halides is 1. The van der Waals surface area contributed by atoms with E-state index < -0.39 is 11.5 Å². The zero-order chi connectivity index (χ0) is 7.84. The van der Waals surface area contributed by atoms with E-state index in [0.717, 1.165) is 0 Å². The molecule has 1 aliphatic rings. The van der Waals surface area contributed by atoms with Crippen LogP contribution in [0.5, 0.6) is 5.75 Å². The zero-order valence-electron chi connectivity index (χ0n) is 5.47.